The Hall–Kier alpha value is -0.790. The average molecular weight is 222 g/mol. The number of ether oxygens (including phenoxy) is 1. The van der Waals surface area contributed by atoms with E-state index in [0.717, 1.165) is 12.8 Å². The van der Waals surface area contributed by atoms with E-state index in [1.807, 2.05) is 13.8 Å². The number of carbonyl (C=O) groups excluding carboxylic acids is 1. The second-order valence-corrected chi connectivity index (χ2v) is 5.95. The predicted octanol–water partition coefficient (Wildman–Crippen LogP) is 3.46. The van der Waals surface area contributed by atoms with Crippen molar-refractivity contribution in [1.82, 2.24) is 0 Å². The van der Waals surface area contributed by atoms with E-state index in [2.05, 4.69) is 13.5 Å². The Bertz CT molecular complexity index is 322. The molecule has 2 rings (SSSR count). The lowest BCUT2D eigenvalue weighted by Gasteiger charge is -2.54. The van der Waals surface area contributed by atoms with Gasteiger partial charge in [-0.15, -0.1) is 0 Å². The molecule has 2 heteroatoms. The normalized spacial score (nSPS) is 31.4. The lowest BCUT2D eigenvalue weighted by atomic mass is 9.56. The van der Waals surface area contributed by atoms with Crippen LogP contribution in [0.2, 0.25) is 0 Å². The van der Waals surface area contributed by atoms with Gasteiger partial charge in [-0.1, -0.05) is 31.4 Å². The smallest absolute Gasteiger partial charge is 0.314 e. The molecule has 2 nitrogen and oxygen atoms in total. The van der Waals surface area contributed by atoms with Gasteiger partial charge in [0.05, 0.1) is 0 Å². The number of hydrogen-bond donors (Lipinski definition) is 0. The molecule has 0 aromatic rings. The van der Waals surface area contributed by atoms with Crippen LogP contribution in [0.25, 0.3) is 0 Å². The Morgan fingerprint density at radius 2 is 1.88 bits per heavy atom. The number of esters is 1. The SMILES string of the molecule is C=C(C)C1(C2C(=O)OC2(C)C)CCCCC1. The van der Waals surface area contributed by atoms with Crippen LogP contribution in [0.15, 0.2) is 12.2 Å². The van der Waals surface area contributed by atoms with E-state index in [9.17, 15) is 4.79 Å². The molecule has 2 fully saturated rings. The molecular weight excluding hydrogens is 200 g/mol. The third-order valence-corrected chi connectivity index (χ3v) is 4.44. The summed E-state index contributed by atoms with van der Waals surface area (Å²) in [5.41, 5.74) is 0.881. The minimum atomic E-state index is -0.298. The van der Waals surface area contributed by atoms with Gasteiger partial charge in [0.15, 0.2) is 0 Å². The molecule has 0 bridgehead atoms. The monoisotopic (exact) mass is 222 g/mol. The molecule has 1 aliphatic heterocycles. The summed E-state index contributed by atoms with van der Waals surface area (Å²) < 4.78 is 5.29. The van der Waals surface area contributed by atoms with Crippen molar-refractivity contribution < 1.29 is 9.53 Å². The second-order valence-electron chi connectivity index (χ2n) is 5.95. The fourth-order valence-electron chi connectivity index (χ4n) is 3.64. The zero-order chi connectivity index (χ0) is 12.0. The highest BCUT2D eigenvalue weighted by Gasteiger charge is 2.60. The summed E-state index contributed by atoms with van der Waals surface area (Å²) in [6.07, 6.45) is 5.92. The summed E-state index contributed by atoms with van der Waals surface area (Å²) >= 11 is 0. The predicted molar refractivity (Wildman–Crippen MR) is 64.0 cm³/mol. The molecule has 90 valence electrons. The molecule has 0 amide bonds. The molecule has 2 aliphatic rings. The van der Waals surface area contributed by atoms with Gasteiger partial charge in [-0.2, -0.15) is 0 Å². The standard InChI is InChI=1S/C14H22O2/c1-10(2)14(8-6-5-7-9-14)11-12(15)16-13(11,3)4/h11H,1,5-9H2,2-4H3. The maximum absolute atomic E-state index is 11.8. The largest absolute Gasteiger partial charge is 0.458 e. The van der Waals surface area contributed by atoms with Crippen molar-refractivity contribution in [3.8, 4) is 0 Å². The van der Waals surface area contributed by atoms with E-state index >= 15 is 0 Å². The molecule has 1 saturated heterocycles. The van der Waals surface area contributed by atoms with Gasteiger partial charge in [0.1, 0.15) is 11.5 Å². The zero-order valence-electron chi connectivity index (χ0n) is 10.6. The molecular formula is C14H22O2. The topological polar surface area (TPSA) is 26.3 Å². The van der Waals surface area contributed by atoms with Gasteiger partial charge in [-0.05, 0) is 33.6 Å². The zero-order valence-corrected chi connectivity index (χ0v) is 10.6. The first-order chi connectivity index (χ1) is 7.40. The van der Waals surface area contributed by atoms with Gasteiger partial charge < -0.3 is 4.74 Å². The first-order valence-corrected chi connectivity index (χ1v) is 6.29. The van der Waals surface area contributed by atoms with Gasteiger partial charge in [0.25, 0.3) is 0 Å². The number of cyclic esters (lactones) is 1. The summed E-state index contributed by atoms with van der Waals surface area (Å²) in [4.78, 5) is 11.8. The van der Waals surface area contributed by atoms with Crippen molar-refractivity contribution in [3.63, 3.8) is 0 Å². The van der Waals surface area contributed by atoms with Gasteiger partial charge >= 0.3 is 5.97 Å². The van der Waals surface area contributed by atoms with E-state index in [1.54, 1.807) is 0 Å². The number of hydrogen-bond acceptors (Lipinski definition) is 2. The van der Waals surface area contributed by atoms with Crippen molar-refractivity contribution in [2.24, 2.45) is 11.3 Å². The quantitative estimate of drug-likeness (QED) is 0.528. The van der Waals surface area contributed by atoms with Crippen LogP contribution < -0.4 is 0 Å². The minimum Gasteiger partial charge on any atom is -0.458 e. The Kier molecular flexibility index (Phi) is 2.64. The lowest BCUT2D eigenvalue weighted by molar-refractivity contribution is -0.221. The molecule has 1 saturated carbocycles. The lowest BCUT2D eigenvalue weighted by Crippen LogP contribution is -2.61. The van der Waals surface area contributed by atoms with Gasteiger partial charge in [-0.25, -0.2) is 0 Å². The maximum atomic E-state index is 11.8. The van der Waals surface area contributed by atoms with Crippen molar-refractivity contribution in [2.75, 3.05) is 0 Å². The summed E-state index contributed by atoms with van der Waals surface area (Å²) in [5, 5.41) is 0. The van der Waals surface area contributed by atoms with Crippen LogP contribution in [0.1, 0.15) is 52.9 Å². The highest BCUT2D eigenvalue weighted by Crippen LogP contribution is 2.56. The van der Waals surface area contributed by atoms with Crippen LogP contribution in [0.3, 0.4) is 0 Å². The molecule has 0 radical (unpaired) electrons. The van der Waals surface area contributed by atoms with Crippen LogP contribution in [0.4, 0.5) is 0 Å². The minimum absolute atomic E-state index is 0.0110. The Balaban J connectivity index is 2.32. The van der Waals surface area contributed by atoms with E-state index in [4.69, 9.17) is 4.74 Å². The van der Waals surface area contributed by atoms with Gasteiger partial charge in [-0.3, -0.25) is 4.79 Å². The van der Waals surface area contributed by atoms with Crippen molar-refractivity contribution in [1.29, 1.82) is 0 Å². The van der Waals surface area contributed by atoms with E-state index in [1.165, 1.54) is 24.8 Å². The first kappa shape index (κ1) is 11.7. The Morgan fingerprint density at radius 1 is 1.31 bits per heavy atom. The Labute approximate surface area is 98.1 Å². The first-order valence-electron chi connectivity index (χ1n) is 6.29. The van der Waals surface area contributed by atoms with Crippen molar-refractivity contribution in [2.45, 2.75) is 58.5 Å². The van der Waals surface area contributed by atoms with Crippen LogP contribution in [-0.2, 0) is 9.53 Å². The number of carbonyl (C=O) groups is 1. The van der Waals surface area contributed by atoms with E-state index in [-0.39, 0.29) is 22.9 Å². The van der Waals surface area contributed by atoms with Crippen LogP contribution in [0.5, 0.6) is 0 Å². The average Bonchev–Trinajstić information content (AvgIpc) is 2.17. The van der Waals surface area contributed by atoms with Gasteiger partial charge in [0, 0.05) is 5.41 Å². The molecule has 16 heavy (non-hydrogen) atoms. The summed E-state index contributed by atoms with van der Waals surface area (Å²) in [5.74, 6) is 0.00713. The highest BCUT2D eigenvalue weighted by molar-refractivity contribution is 5.81. The van der Waals surface area contributed by atoms with E-state index in [0.29, 0.717) is 0 Å². The highest BCUT2D eigenvalue weighted by atomic mass is 16.6. The molecule has 1 aliphatic carbocycles. The van der Waals surface area contributed by atoms with Crippen molar-refractivity contribution in [3.05, 3.63) is 12.2 Å². The summed E-state index contributed by atoms with van der Waals surface area (Å²) in [6, 6.07) is 0. The summed E-state index contributed by atoms with van der Waals surface area (Å²) in [6.45, 7) is 10.3. The van der Waals surface area contributed by atoms with Gasteiger partial charge in [0.2, 0.25) is 0 Å². The molecule has 0 aromatic carbocycles. The Morgan fingerprint density at radius 3 is 2.25 bits per heavy atom. The third kappa shape index (κ3) is 1.50. The fourth-order valence-corrected chi connectivity index (χ4v) is 3.64. The number of rotatable bonds is 2. The second kappa shape index (κ2) is 3.61. The maximum Gasteiger partial charge on any atom is 0.314 e. The summed E-state index contributed by atoms with van der Waals surface area (Å²) in [7, 11) is 0. The van der Waals surface area contributed by atoms with E-state index < -0.39 is 0 Å². The third-order valence-electron chi connectivity index (χ3n) is 4.44. The molecule has 0 N–H and O–H groups in total. The molecule has 1 atom stereocenters. The number of allylic oxidation sites excluding steroid dienone is 1. The van der Waals surface area contributed by atoms with Crippen molar-refractivity contribution >= 4 is 5.97 Å². The molecule has 1 unspecified atom stereocenters. The fraction of sp³-hybridized carbons (Fsp3) is 0.786. The molecule has 0 aromatic heterocycles. The van der Waals surface area contributed by atoms with Crippen LogP contribution in [-0.4, -0.2) is 11.6 Å². The van der Waals surface area contributed by atoms with Crippen LogP contribution >= 0.6 is 0 Å². The molecule has 1 heterocycles. The van der Waals surface area contributed by atoms with Crippen LogP contribution in [0, 0.1) is 11.3 Å². The molecule has 0 spiro atoms.